The molecule has 94 valence electrons. The maximum atomic E-state index is 11.6. The molecule has 1 N–H and O–H groups in total. The molecule has 1 saturated heterocycles. The monoisotopic (exact) mass is 228 g/mol. The van der Waals surface area contributed by atoms with E-state index in [-0.39, 0.29) is 12.0 Å². The summed E-state index contributed by atoms with van der Waals surface area (Å²) in [5, 5.41) is 3.35. The van der Waals surface area contributed by atoms with Gasteiger partial charge in [-0.15, -0.1) is 0 Å². The van der Waals surface area contributed by atoms with Gasteiger partial charge in [0.05, 0.1) is 7.11 Å². The molecule has 0 amide bonds. The van der Waals surface area contributed by atoms with Crippen molar-refractivity contribution in [2.75, 3.05) is 26.7 Å². The molecule has 0 aliphatic carbocycles. The second kappa shape index (κ2) is 6.86. The third kappa shape index (κ3) is 3.46. The number of hydrogen-bond donors (Lipinski definition) is 1. The van der Waals surface area contributed by atoms with Crippen LogP contribution in [0.1, 0.15) is 33.1 Å². The van der Waals surface area contributed by atoms with Gasteiger partial charge in [-0.1, -0.05) is 6.92 Å². The summed E-state index contributed by atoms with van der Waals surface area (Å²) in [4.78, 5) is 13.9. The Labute approximate surface area is 98.3 Å². The maximum absolute atomic E-state index is 11.6. The van der Waals surface area contributed by atoms with Crippen LogP contribution in [-0.2, 0) is 9.53 Å². The minimum absolute atomic E-state index is 0.118. The predicted octanol–water partition coefficient (Wildman–Crippen LogP) is 1.01. The van der Waals surface area contributed by atoms with Gasteiger partial charge in [0, 0.05) is 6.04 Å². The molecule has 1 rings (SSSR count). The lowest BCUT2D eigenvalue weighted by Gasteiger charge is -2.37. The van der Waals surface area contributed by atoms with Crippen molar-refractivity contribution in [3.8, 4) is 0 Å². The SMILES string of the molecule is CCCN(C1CCNCC1)C(C)C(=O)OC. The lowest BCUT2D eigenvalue weighted by atomic mass is 10.0. The predicted molar refractivity (Wildman–Crippen MR) is 64.4 cm³/mol. The van der Waals surface area contributed by atoms with Gasteiger partial charge in [-0.25, -0.2) is 0 Å². The Morgan fingerprint density at radius 3 is 2.62 bits per heavy atom. The molecule has 0 aromatic rings. The first kappa shape index (κ1) is 13.5. The zero-order chi connectivity index (χ0) is 12.0. The first-order valence-corrected chi connectivity index (χ1v) is 6.25. The molecule has 4 nitrogen and oxygen atoms in total. The Hall–Kier alpha value is -0.610. The number of nitrogens with one attached hydrogen (secondary N) is 1. The first-order chi connectivity index (χ1) is 7.70. The molecule has 1 fully saturated rings. The summed E-state index contributed by atoms with van der Waals surface area (Å²) in [5.41, 5.74) is 0. The fourth-order valence-corrected chi connectivity index (χ4v) is 2.39. The van der Waals surface area contributed by atoms with Crippen LogP contribution in [0.2, 0.25) is 0 Å². The molecule has 0 bridgehead atoms. The van der Waals surface area contributed by atoms with E-state index in [9.17, 15) is 4.79 Å². The Morgan fingerprint density at radius 2 is 2.12 bits per heavy atom. The van der Waals surface area contributed by atoms with Crippen molar-refractivity contribution in [2.24, 2.45) is 0 Å². The van der Waals surface area contributed by atoms with Gasteiger partial charge in [0.25, 0.3) is 0 Å². The van der Waals surface area contributed by atoms with Gasteiger partial charge in [-0.05, 0) is 45.8 Å². The highest BCUT2D eigenvalue weighted by atomic mass is 16.5. The number of carbonyl (C=O) groups is 1. The van der Waals surface area contributed by atoms with Crippen LogP contribution in [0.5, 0.6) is 0 Å². The van der Waals surface area contributed by atoms with E-state index >= 15 is 0 Å². The van der Waals surface area contributed by atoms with Crippen molar-refractivity contribution in [1.29, 1.82) is 0 Å². The topological polar surface area (TPSA) is 41.6 Å². The molecule has 1 heterocycles. The van der Waals surface area contributed by atoms with Crippen molar-refractivity contribution < 1.29 is 9.53 Å². The van der Waals surface area contributed by atoms with Gasteiger partial charge in [0.2, 0.25) is 0 Å². The molecular weight excluding hydrogens is 204 g/mol. The van der Waals surface area contributed by atoms with E-state index in [2.05, 4.69) is 17.1 Å². The molecule has 0 spiro atoms. The fraction of sp³-hybridized carbons (Fsp3) is 0.917. The zero-order valence-electron chi connectivity index (χ0n) is 10.7. The highest BCUT2D eigenvalue weighted by molar-refractivity contribution is 5.75. The molecule has 16 heavy (non-hydrogen) atoms. The Balaban J connectivity index is 2.60. The number of esters is 1. The van der Waals surface area contributed by atoms with Crippen molar-refractivity contribution in [3.05, 3.63) is 0 Å². The van der Waals surface area contributed by atoms with Crippen LogP contribution in [0.4, 0.5) is 0 Å². The van der Waals surface area contributed by atoms with Gasteiger partial charge in [0.15, 0.2) is 0 Å². The molecule has 1 unspecified atom stereocenters. The zero-order valence-corrected chi connectivity index (χ0v) is 10.7. The highest BCUT2D eigenvalue weighted by Gasteiger charge is 2.28. The Morgan fingerprint density at radius 1 is 1.50 bits per heavy atom. The largest absolute Gasteiger partial charge is 0.468 e. The molecule has 4 heteroatoms. The third-order valence-electron chi connectivity index (χ3n) is 3.30. The summed E-state index contributed by atoms with van der Waals surface area (Å²) in [6, 6.07) is 0.406. The smallest absolute Gasteiger partial charge is 0.322 e. The van der Waals surface area contributed by atoms with Crippen LogP contribution in [-0.4, -0.2) is 49.7 Å². The molecule has 0 aromatic heterocycles. The van der Waals surface area contributed by atoms with Crippen LogP contribution in [0, 0.1) is 0 Å². The molecule has 1 aliphatic heterocycles. The normalized spacial score (nSPS) is 19.8. The van der Waals surface area contributed by atoms with Crippen molar-refractivity contribution in [2.45, 2.75) is 45.2 Å². The number of ether oxygens (including phenoxy) is 1. The van der Waals surface area contributed by atoms with E-state index in [4.69, 9.17) is 4.74 Å². The minimum atomic E-state index is -0.119. The fourth-order valence-electron chi connectivity index (χ4n) is 2.39. The summed E-state index contributed by atoms with van der Waals surface area (Å²) in [6.07, 6.45) is 3.33. The van der Waals surface area contributed by atoms with Gasteiger partial charge >= 0.3 is 5.97 Å². The van der Waals surface area contributed by atoms with E-state index in [1.807, 2.05) is 6.92 Å². The minimum Gasteiger partial charge on any atom is -0.468 e. The Kier molecular flexibility index (Phi) is 5.77. The second-order valence-corrected chi connectivity index (χ2v) is 4.42. The van der Waals surface area contributed by atoms with E-state index < -0.39 is 0 Å². The number of carbonyl (C=O) groups excluding carboxylic acids is 1. The summed E-state index contributed by atoms with van der Waals surface area (Å²) >= 11 is 0. The molecule has 0 aromatic carbocycles. The van der Waals surface area contributed by atoms with Crippen LogP contribution in [0.15, 0.2) is 0 Å². The van der Waals surface area contributed by atoms with Crippen molar-refractivity contribution in [3.63, 3.8) is 0 Å². The van der Waals surface area contributed by atoms with E-state index in [0.29, 0.717) is 6.04 Å². The van der Waals surface area contributed by atoms with E-state index in [1.165, 1.54) is 7.11 Å². The van der Waals surface area contributed by atoms with Crippen LogP contribution < -0.4 is 5.32 Å². The number of methoxy groups -OCH3 is 1. The van der Waals surface area contributed by atoms with Crippen LogP contribution >= 0.6 is 0 Å². The van der Waals surface area contributed by atoms with Gasteiger partial charge in [-0.2, -0.15) is 0 Å². The quantitative estimate of drug-likeness (QED) is 0.713. The Bertz CT molecular complexity index is 215. The molecular formula is C12H24N2O2. The third-order valence-corrected chi connectivity index (χ3v) is 3.30. The molecule has 0 radical (unpaired) electrons. The summed E-state index contributed by atoms with van der Waals surface area (Å²) < 4.78 is 4.83. The lowest BCUT2D eigenvalue weighted by Crippen LogP contribution is -2.50. The van der Waals surface area contributed by atoms with Gasteiger partial charge in [0.1, 0.15) is 6.04 Å². The average molecular weight is 228 g/mol. The second-order valence-electron chi connectivity index (χ2n) is 4.42. The standard InChI is InChI=1S/C12H24N2O2/c1-4-9-14(10(2)12(15)16-3)11-5-7-13-8-6-11/h10-11,13H,4-9H2,1-3H3. The number of piperidine rings is 1. The molecule has 1 atom stereocenters. The summed E-state index contributed by atoms with van der Waals surface area (Å²) in [7, 11) is 1.46. The number of hydrogen-bond acceptors (Lipinski definition) is 4. The van der Waals surface area contributed by atoms with Crippen LogP contribution in [0.3, 0.4) is 0 Å². The summed E-state index contributed by atoms with van der Waals surface area (Å²) in [6.45, 7) is 7.18. The lowest BCUT2D eigenvalue weighted by molar-refractivity contribution is -0.147. The van der Waals surface area contributed by atoms with Crippen LogP contribution in [0.25, 0.3) is 0 Å². The number of nitrogens with zero attached hydrogens (tertiary/aromatic N) is 1. The van der Waals surface area contributed by atoms with E-state index in [1.54, 1.807) is 0 Å². The summed E-state index contributed by atoms with van der Waals surface area (Å²) in [5.74, 6) is -0.119. The van der Waals surface area contributed by atoms with E-state index in [0.717, 1.165) is 38.9 Å². The maximum Gasteiger partial charge on any atom is 0.322 e. The van der Waals surface area contributed by atoms with Gasteiger partial charge < -0.3 is 10.1 Å². The average Bonchev–Trinajstić information content (AvgIpc) is 2.35. The molecule has 0 saturated carbocycles. The van der Waals surface area contributed by atoms with Gasteiger partial charge in [-0.3, -0.25) is 9.69 Å². The highest BCUT2D eigenvalue weighted by Crippen LogP contribution is 2.16. The number of rotatable bonds is 5. The first-order valence-electron chi connectivity index (χ1n) is 6.25. The van der Waals surface area contributed by atoms with Crippen molar-refractivity contribution >= 4 is 5.97 Å². The van der Waals surface area contributed by atoms with Crippen molar-refractivity contribution in [1.82, 2.24) is 10.2 Å². The molecule has 1 aliphatic rings.